The molecule has 0 N–H and O–H groups in total. The molecule has 2 bridgehead atoms. The summed E-state index contributed by atoms with van der Waals surface area (Å²) in [4.78, 5) is 23.2. The normalized spacial score (nSPS) is 22.2. The SMILES string of the molecule is COc1ccc(-c2csc3c(OC4C5COCC4CN(C(=O)OC(C)(C)C)C5)ncnc23)c(F)c1. The van der Waals surface area contributed by atoms with Crippen LogP contribution in [0.25, 0.3) is 21.3 Å². The molecule has 4 heterocycles. The number of hydrogen-bond donors (Lipinski definition) is 0. The lowest BCUT2D eigenvalue weighted by Crippen LogP contribution is -2.59. The van der Waals surface area contributed by atoms with Crippen molar-refractivity contribution in [2.45, 2.75) is 32.5 Å². The number of fused-ring (bicyclic) bond motifs is 3. The standard InChI is InChI=1S/C25H28FN3O5S/c1-25(2,3)34-24(30)29-8-14-10-32-11-15(9-29)21(14)33-23-22-20(27-13-28-23)18(12-35-22)17-6-5-16(31-4)7-19(17)26/h5-7,12-15,21H,8-11H2,1-4H3. The molecule has 0 aliphatic carbocycles. The van der Waals surface area contributed by atoms with Gasteiger partial charge in [-0.05, 0) is 32.9 Å². The van der Waals surface area contributed by atoms with Gasteiger partial charge in [0.1, 0.15) is 34.3 Å². The molecule has 2 unspecified atom stereocenters. The van der Waals surface area contributed by atoms with Crippen LogP contribution < -0.4 is 9.47 Å². The van der Waals surface area contributed by atoms with Crippen LogP contribution in [-0.4, -0.2) is 66.1 Å². The molecule has 0 spiro atoms. The van der Waals surface area contributed by atoms with E-state index < -0.39 is 5.60 Å². The zero-order valence-electron chi connectivity index (χ0n) is 20.1. The molecular weight excluding hydrogens is 473 g/mol. The highest BCUT2D eigenvalue weighted by atomic mass is 32.1. The van der Waals surface area contributed by atoms with Gasteiger partial charge in [0.05, 0.1) is 25.8 Å². The number of methoxy groups -OCH3 is 1. The number of hydrogen-bond acceptors (Lipinski definition) is 8. The zero-order valence-corrected chi connectivity index (χ0v) is 20.9. The first-order chi connectivity index (χ1) is 16.7. The van der Waals surface area contributed by atoms with E-state index in [2.05, 4.69) is 9.97 Å². The Morgan fingerprint density at radius 2 is 1.91 bits per heavy atom. The maximum atomic E-state index is 14.8. The molecule has 8 nitrogen and oxygen atoms in total. The van der Waals surface area contributed by atoms with Gasteiger partial charge in [0, 0.05) is 47.5 Å². The Balaban J connectivity index is 1.39. The molecule has 2 aliphatic rings. The van der Waals surface area contributed by atoms with E-state index in [-0.39, 0.29) is 29.9 Å². The minimum Gasteiger partial charge on any atom is -0.497 e. The molecule has 10 heteroatoms. The van der Waals surface area contributed by atoms with Crippen molar-refractivity contribution in [1.82, 2.24) is 14.9 Å². The Kier molecular flexibility index (Phi) is 6.27. The largest absolute Gasteiger partial charge is 0.497 e. The van der Waals surface area contributed by atoms with Gasteiger partial charge in [-0.1, -0.05) is 0 Å². The van der Waals surface area contributed by atoms with Gasteiger partial charge < -0.3 is 23.8 Å². The van der Waals surface area contributed by atoms with Crippen LogP contribution in [0.2, 0.25) is 0 Å². The van der Waals surface area contributed by atoms with Crippen molar-refractivity contribution in [3.63, 3.8) is 0 Å². The zero-order chi connectivity index (χ0) is 24.7. The third-order valence-electron chi connectivity index (χ3n) is 6.19. The number of benzene rings is 1. The lowest BCUT2D eigenvalue weighted by molar-refractivity contribution is -0.112. The summed E-state index contributed by atoms with van der Waals surface area (Å²) < 4.78 is 38.4. The molecule has 2 aliphatic heterocycles. The Hall–Kier alpha value is -2.98. The van der Waals surface area contributed by atoms with Gasteiger partial charge in [-0.15, -0.1) is 11.3 Å². The van der Waals surface area contributed by atoms with E-state index in [1.54, 1.807) is 17.0 Å². The van der Waals surface area contributed by atoms with Crippen molar-refractivity contribution in [1.29, 1.82) is 0 Å². The number of piperidine rings is 1. The second-order valence-electron chi connectivity index (χ2n) is 9.88. The summed E-state index contributed by atoms with van der Waals surface area (Å²) in [7, 11) is 1.50. The Labute approximate surface area is 207 Å². The predicted molar refractivity (Wildman–Crippen MR) is 129 cm³/mol. The summed E-state index contributed by atoms with van der Waals surface area (Å²) in [5, 5.41) is 1.87. The summed E-state index contributed by atoms with van der Waals surface area (Å²) in [6, 6.07) is 4.77. The van der Waals surface area contributed by atoms with Gasteiger partial charge in [-0.2, -0.15) is 0 Å². The van der Waals surface area contributed by atoms with E-state index >= 15 is 0 Å². The van der Waals surface area contributed by atoms with Crippen LogP contribution in [0.4, 0.5) is 9.18 Å². The minimum absolute atomic E-state index is 0.0153. The average molecular weight is 502 g/mol. The summed E-state index contributed by atoms with van der Waals surface area (Å²) in [5.41, 5.74) is 1.21. The number of amides is 1. The quantitative estimate of drug-likeness (QED) is 0.509. The Morgan fingerprint density at radius 1 is 1.17 bits per heavy atom. The fraction of sp³-hybridized carbons (Fsp3) is 0.480. The molecule has 1 amide bonds. The minimum atomic E-state index is -0.553. The van der Waals surface area contributed by atoms with Crippen LogP contribution in [0.3, 0.4) is 0 Å². The fourth-order valence-electron chi connectivity index (χ4n) is 4.64. The molecule has 5 rings (SSSR count). The van der Waals surface area contributed by atoms with E-state index in [0.717, 1.165) is 4.70 Å². The second kappa shape index (κ2) is 9.23. The smallest absolute Gasteiger partial charge is 0.410 e. The van der Waals surface area contributed by atoms with E-state index in [4.69, 9.17) is 18.9 Å². The number of aromatic nitrogens is 2. The summed E-state index contributed by atoms with van der Waals surface area (Å²) >= 11 is 1.42. The Morgan fingerprint density at radius 3 is 2.57 bits per heavy atom. The lowest BCUT2D eigenvalue weighted by Gasteiger charge is -2.46. The number of carbonyl (C=O) groups excluding carboxylic acids is 1. The van der Waals surface area contributed by atoms with E-state index in [1.165, 1.54) is 30.8 Å². The fourth-order valence-corrected chi connectivity index (χ4v) is 5.59. The van der Waals surface area contributed by atoms with Gasteiger partial charge in [0.25, 0.3) is 0 Å². The molecule has 2 atom stereocenters. The number of carbonyl (C=O) groups is 1. The maximum Gasteiger partial charge on any atom is 0.410 e. The van der Waals surface area contributed by atoms with Crippen molar-refractivity contribution >= 4 is 27.6 Å². The third-order valence-corrected chi connectivity index (χ3v) is 7.15. The van der Waals surface area contributed by atoms with Crippen LogP contribution >= 0.6 is 11.3 Å². The molecule has 2 fully saturated rings. The van der Waals surface area contributed by atoms with Gasteiger partial charge in [0.15, 0.2) is 0 Å². The van der Waals surface area contributed by atoms with Crippen molar-refractivity contribution < 1.29 is 28.1 Å². The second-order valence-corrected chi connectivity index (χ2v) is 10.8. The molecular formula is C25H28FN3O5S. The van der Waals surface area contributed by atoms with Crippen molar-refractivity contribution in [2.75, 3.05) is 33.4 Å². The van der Waals surface area contributed by atoms with Crippen LogP contribution in [0.5, 0.6) is 11.6 Å². The number of rotatable bonds is 4. The highest BCUT2D eigenvalue weighted by Crippen LogP contribution is 2.40. The lowest BCUT2D eigenvalue weighted by atomic mass is 9.84. The first kappa shape index (κ1) is 23.7. The molecule has 186 valence electrons. The van der Waals surface area contributed by atoms with Gasteiger partial charge >= 0.3 is 6.09 Å². The number of likely N-dealkylation sites (tertiary alicyclic amines) is 1. The molecule has 0 radical (unpaired) electrons. The van der Waals surface area contributed by atoms with Crippen LogP contribution in [0.15, 0.2) is 29.9 Å². The average Bonchev–Trinajstić information content (AvgIpc) is 3.22. The van der Waals surface area contributed by atoms with Crippen LogP contribution in [-0.2, 0) is 9.47 Å². The summed E-state index contributed by atoms with van der Waals surface area (Å²) in [6.45, 7) is 7.52. The van der Waals surface area contributed by atoms with Gasteiger partial charge in [-0.3, -0.25) is 0 Å². The van der Waals surface area contributed by atoms with Crippen LogP contribution in [0.1, 0.15) is 20.8 Å². The molecule has 2 aromatic heterocycles. The first-order valence-corrected chi connectivity index (χ1v) is 12.4. The maximum absolute atomic E-state index is 14.8. The third kappa shape index (κ3) is 4.77. The highest BCUT2D eigenvalue weighted by Gasteiger charge is 2.44. The molecule has 1 aromatic carbocycles. The van der Waals surface area contributed by atoms with Crippen molar-refractivity contribution in [3.05, 3.63) is 35.7 Å². The highest BCUT2D eigenvalue weighted by molar-refractivity contribution is 7.18. The van der Waals surface area contributed by atoms with E-state index in [9.17, 15) is 9.18 Å². The van der Waals surface area contributed by atoms with Crippen molar-refractivity contribution in [3.8, 4) is 22.8 Å². The number of halogens is 1. The monoisotopic (exact) mass is 501 g/mol. The van der Waals surface area contributed by atoms with Gasteiger partial charge in [0.2, 0.25) is 5.88 Å². The van der Waals surface area contributed by atoms with E-state index in [0.29, 0.717) is 54.6 Å². The number of thiophene rings is 1. The summed E-state index contributed by atoms with van der Waals surface area (Å²) in [5.74, 6) is 0.507. The molecule has 0 saturated carbocycles. The topological polar surface area (TPSA) is 83.0 Å². The first-order valence-electron chi connectivity index (χ1n) is 11.5. The van der Waals surface area contributed by atoms with E-state index in [1.807, 2.05) is 26.2 Å². The van der Waals surface area contributed by atoms with Crippen molar-refractivity contribution in [2.24, 2.45) is 11.8 Å². The Bertz CT molecular complexity index is 1230. The molecule has 2 saturated heterocycles. The number of nitrogens with zero attached hydrogens (tertiary/aromatic N) is 3. The molecule has 35 heavy (non-hydrogen) atoms. The van der Waals surface area contributed by atoms with Gasteiger partial charge in [-0.25, -0.2) is 19.2 Å². The predicted octanol–water partition coefficient (Wildman–Crippen LogP) is 4.77. The number of ether oxygens (including phenoxy) is 4. The molecule has 3 aromatic rings. The van der Waals surface area contributed by atoms with Crippen LogP contribution in [0, 0.1) is 17.7 Å². The summed E-state index contributed by atoms with van der Waals surface area (Å²) in [6.07, 6.45) is 0.961.